The third-order valence-corrected chi connectivity index (χ3v) is 3.44. The van der Waals surface area contributed by atoms with Gasteiger partial charge in [0.1, 0.15) is 0 Å². The number of rotatable bonds is 6. The molecule has 2 rings (SSSR count). The molecular formula is C11H22N2OS. The molecule has 0 atom stereocenters. The van der Waals surface area contributed by atoms with Gasteiger partial charge < -0.3 is 4.74 Å². The zero-order valence-corrected chi connectivity index (χ0v) is 10.3. The van der Waals surface area contributed by atoms with E-state index in [-0.39, 0.29) is 0 Å². The normalized spacial score (nSPS) is 24.6. The Labute approximate surface area is 98.2 Å². The maximum atomic E-state index is 5.44. The zero-order chi connectivity index (χ0) is 10.5. The van der Waals surface area contributed by atoms with Crippen molar-refractivity contribution in [2.75, 3.05) is 51.7 Å². The Balaban J connectivity index is 1.53. The molecule has 0 aromatic rings. The van der Waals surface area contributed by atoms with Crippen LogP contribution in [0.5, 0.6) is 0 Å². The number of thiol groups is 1. The molecule has 88 valence electrons. The van der Waals surface area contributed by atoms with Gasteiger partial charge >= 0.3 is 0 Å². The van der Waals surface area contributed by atoms with E-state index in [0.29, 0.717) is 0 Å². The van der Waals surface area contributed by atoms with Crippen LogP contribution in [0.1, 0.15) is 12.8 Å². The summed E-state index contributed by atoms with van der Waals surface area (Å²) in [7, 11) is 0. The van der Waals surface area contributed by atoms with E-state index in [1.165, 1.54) is 39.0 Å². The predicted molar refractivity (Wildman–Crippen MR) is 65.7 cm³/mol. The molecule has 0 aromatic heterocycles. The first-order valence-corrected chi connectivity index (χ1v) is 6.68. The van der Waals surface area contributed by atoms with Gasteiger partial charge in [0.15, 0.2) is 0 Å². The standard InChI is InChI=1S/C11H22N2OS/c15-10-9-14-8-7-12-3-5-13(6-4-12)11-1-2-11/h11,15H,1-10H2. The molecule has 0 bridgehead atoms. The van der Waals surface area contributed by atoms with Crippen molar-refractivity contribution < 1.29 is 4.74 Å². The van der Waals surface area contributed by atoms with Crippen LogP contribution in [0.15, 0.2) is 0 Å². The van der Waals surface area contributed by atoms with Crippen LogP contribution < -0.4 is 0 Å². The second kappa shape index (κ2) is 6.09. The van der Waals surface area contributed by atoms with Gasteiger partial charge in [-0.3, -0.25) is 9.80 Å². The van der Waals surface area contributed by atoms with Crippen molar-refractivity contribution >= 4 is 12.6 Å². The highest BCUT2D eigenvalue weighted by molar-refractivity contribution is 7.80. The van der Waals surface area contributed by atoms with Crippen LogP contribution in [0.4, 0.5) is 0 Å². The SMILES string of the molecule is SCCOCCN1CCN(C2CC2)CC1. The first kappa shape index (κ1) is 11.7. The fourth-order valence-electron chi connectivity index (χ4n) is 2.15. The first-order chi connectivity index (χ1) is 7.40. The van der Waals surface area contributed by atoms with E-state index in [4.69, 9.17) is 4.74 Å². The Kier molecular flexibility index (Phi) is 4.75. The van der Waals surface area contributed by atoms with Crippen molar-refractivity contribution in [3.63, 3.8) is 0 Å². The molecule has 0 unspecified atom stereocenters. The molecule has 15 heavy (non-hydrogen) atoms. The number of hydrogen-bond acceptors (Lipinski definition) is 4. The Bertz CT molecular complexity index is 179. The maximum Gasteiger partial charge on any atom is 0.0593 e. The minimum Gasteiger partial charge on any atom is -0.379 e. The summed E-state index contributed by atoms with van der Waals surface area (Å²) in [6, 6.07) is 0.938. The summed E-state index contributed by atoms with van der Waals surface area (Å²) in [6.07, 6.45) is 2.87. The lowest BCUT2D eigenvalue weighted by molar-refractivity contribution is 0.0794. The zero-order valence-electron chi connectivity index (χ0n) is 9.40. The maximum absolute atomic E-state index is 5.44. The van der Waals surface area contributed by atoms with Crippen molar-refractivity contribution in [3.8, 4) is 0 Å². The summed E-state index contributed by atoms with van der Waals surface area (Å²) in [5, 5.41) is 0. The van der Waals surface area contributed by atoms with Gasteiger partial charge in [0, 0.05) is 44.5 Å². The average molecular weight is 230 g/mol. The summed E-state index contributed by atoms with van der Waals surface area (Å²) in [5.74, 6) is 0.829. The minimum atomic E-state index is 0.783. The Morgan fingerprint density at radius 3 is 2.40 bits per heavy atom. The smallest absolute Gasteiger partial charge is 0.0593 e. The van der Waals surface area contributed by atoms with Crippen LogP contribution in [0.25, 0.3) is 0 Å². The van der Waals surface area contributed by atoms with Gasteiger partial charge in [-0.15, -0.1) is 0 Å². The summed E-state index contributed by atoms with van der Waals surface area (Å²) in [6.45, 7) is 7.71. The summed E-state index contributed by atoms with van der Waals surface area (Å²) in [5.41, 5.74) is 0. The molecular weight excluding hydrogens is 208 g/mol. The first-order valence-electron chi connectivity index (χ1n) is 6.05. The lowest BCUT2D eigenvalue weighted by atomic mass is 10.3. The highest BCUT2D eigenvalue weighted by Gasteiger charge is 2.30. The van der Waals surface area contributed by atoms with Gasteiger partial charge in [-0.05, 0) is 12.8 Å². The molecule has 0 aromatic carbocycles. The van der Waals surface area contributed by atoms with Gasteiger partial charge in [0.2, 0.25) is 0 Å². The van der Waals surface area contributed by atoms with Crippen LogP contribution in [0, 0.1) is 0 Å². The van der Waals surface area contributed by atoms with Crippen LogP contribution in [0.2, 0.25) is 0 Å². The molecule has 4 heteroatoms. The highest BCUT2D eigenvalue weighted by Crippen LogP contribution is 2.27. The number of ether oxygens (including phenoxy) is 1. The van der Waals surface area contributed by atoms with Crippen LogP contribution in [0.3, 0.4) is 0 Å². The molecule has 3 nitrogen and oxygen atoms in total. The second-order valence-electron chi connectivity index (χ2n) is 4.44. The van der Waals surface area contributed by atoms with Crippen molar-refractivity contribution in [1.82, 2.24) is 9.80 Å². The molecule has 1 saturated carbocycles. The van der Waals surface area contributed by atoms with Crippen molar-refractivity contribution in [2.45, 2.75) is 18.9 Å². The average Bonchev–Trinajstić information content (AvgIpc) is 3.09. The van der Waals surface area contributed by atoms with E-state index >= 15 is 0 Å². The van der Waals surface area contributed by atoms with Crippen LogP contribution in [-0.4, -0.2) is 67.5 Å². The molecule has 1 aliphatic carbocycles. The molecule has 0 amide bonds. The minimum absolute atomic E-state index is 0.783. The molecule has 2 aliphatic rings. The summed E-state index contributed by atoms with van der Waals surface area (Å²) in [4.78, 5) is 5.16. The predicted octanol–water partition coefficient (Wildman–Crippen LogP) is 0.713. The fourth-order valence-corrected chi connectivity index (χ4v) is 2.28. The molecule has 2 fully saturated rings. The number of piperazine rings is 1. The topological polar surface area (TPSA) is 15.7 Å². The Morgan fingerprint density at radius 1 is 1.07 bits per heavy atom. The van der Waals surface area contributed by atoms with Crippen molar-refractivity contribution in [2.24, 2.45) is 0 Å². The lowest BCUT2D eigenvalue weighted by Crippen LogP contribution is -2.47. The van der Waals surface area contributed by atoms with Gasteiger partial charge in [-0.25, -0.2) is 0 Å². The molecule has 1 saturated heterocycles. The molecule has 1 aliphatic heterocycles. The molecule has 0 spiro atoms. The summed E-state index contributed by atoms with van der Waals surface area (Å²) >= 11 is 4.12. The van der Waals surface area contributed by atoms with Gasteiger partial charge in [-0.2, -0.15) is 12.6 Å². The van der Waals surface area contributed by atoms with Crippen molar-refractivity contribution in [3.05, 3.63) is 0 Å². The van der Waals surface area contributed by atoms with Crippen LogP contribution >= 0.6 is 12.6 Å². The van der Waals surface area contributed by atoms with E-state index in [0.717, 1.165) is 31.6 Å². The van der Waals surface area contributed by atoms with E-state index in [1.54, 1.807) is 0 Å². The third-order valence-electron chi connectivity index (χ3n) is 3.26. The van der Waals surface area contributed by atoms with E-state index in [2.05, 4.69) is 22.4 Å². The summed E-state index contributed by atoms with van der Waals surface area (Å²) < 4.78 is 5.44. The molecule has 0 N–H and O–H groups in total. The van der Waals surface area contributed by atoms with E-state index in [9.17, 15) is 0 Å². The Morgan fingerprint density at radius 2 is 1.80 bits per heavy atom. The quantitative estimate of drug-likeness (QED) is 0.535. The van der Waals surface area contributed by atoms with Crippen molar-refractivity contribution in [1.29, 1.82) is 0 Å². The lowest BCUT2D eigenvalue weighted by Gasteiger charge is -2.34. The largest absolute Gasteiger partial charge is 0.379 e. The van der Waals surface area contributed by atoms with Gasteiger partial charge in [-0.1, -0.05) is 0 Å². The third kappa shape index (κ3) is 3.94. The highest BCUT2D eigenvalue weighted by atomic mass is 32.1. The van der Waals surface area contributed by atoms with Gasteiger partial charge in [0.05, 0.1) is 13.2 Å². The number of nitrogens with zero attached hydrogens (tertiary/aromatic N) is 2. The monoisotopic (exact) mass is 230 g/mol. The van der Waals surface area contributed by atoms with Crippen LogP contribution in [-0.2, 0) is 4.74 Å². The van der Waals surface area contributed by atoms with Gasteiger partial charge in [0.25, 0.3) is 0 Å². The molecule has 0 radical (unpaired) electrons. The second-order valence-corrected chi connectivity index (χ2v) is 4.89. The fraction of sp³-hybridized carbons (Fsp3) is 1.00. The Hall–Kier alpha value is 0.230. The molecule has 1 heterocycles. The van der Waals surface area contributed by atoms with E-state index < -0.39 is 0 Å². The van der Waals surface area contributed by atoms with E-state index in [1.807, 2.05) is 0 Å². The number of hydrogen-bond donors (Lipinski definition) is 1.